The fourth-order valence-electron chi connectivity index (χ4n) is 2.16. The molecule has 1 N–H and O–H groups in total. The third kappa shape index (κ3) is 1.99. The molecule has 1 fully saturated rings. The molecule has 1 aromatic heterocycles. The van der Waals surface area contributed by atoms with Gasteiger partial charge in [-0.05, 0) is 6.42 Å². The number of alkyl halides is 2. The molecule has 100 valence electrons. The Hall–Kier alpha value is -1.14. The molecular weight excluding hydrogens is 263 g/mol. The topological polar surface area (TPSA) is 64.1 Å². The Morgan fingerprint density at radius 2 is 2.28 bits per heavy atom. The van der Waals surface area contributed by atoms with Crippen LogP contribution in [0.25, 0.3) is 0 Å². The Bertz CT molecular complexity index is 554. The molecule has 1 unspecified atom stereocenters. The van der Waals surface area contributed by atoms with Crippen LogP contribution >= 0.6 is 11.6 Å². The first-order chi connectivity index (χ1) is 8.37. The van der Waals surface area contributed by atoms with E-state index in [-0.39, 0.29) is 6.10 Å². The zero-order chi connectivity index (χ0) is 13.5. The number of ether oxygens (including phenoxy) is 1. The number of aromatic nitrogens is 2. The minimum atomic E-state index is -2.18. The molecule has 0 spiro atoms. The van der Waals surface area contributed by atoms with Gasteiger partial charge >= 0.3 is 5.69 Å². The number of halogens is 2. The monoisotopic (exact) mass is 276 g/mol. The van der Waals surface area contributed by atoms with Crippen molar-refractivity contribution in [1.29, 1.82) is 0 Å². The standard InChI is InChI=1S/C11H14ClFN2O3/c1-3-7-6(2)11(12,13)9(18-7)15-5-4-8(16)14-10(15)17/h4-7,9H,3H2,1-2H3,(H,14,16,17)/t6-,7-,9?,11+/m1/s1. The molecule has 18 heavy (non-hydrogen) atoms. The summed E-state index contributed by atoms with van der Waals surface area (Å²) < 4.78 is 20.9. The molecule has 1 aliphatic heterocycles. The van der Waals surface area contributed by atoms with Crippen molar-refractivity contribution in [3.8, 4) is 0 Å². The molecule has 2 heterocycles. The maximum absolute atomic E-state index is 14.5. The summed E-state index contributed by atoms with van der Waals surface area (Å²) in [5.41, 5.74) is -1.28. The van der Waals surface area contributed by atoms with Crippen molar-refractivity contribution in [2.75, 3.05) is 0 Å². The molecule has 7 heteroatoms. The third-order valence-electron chi connectivity index (χ3n) is 3.30. The van der Waals surface area contributed by atoms with Gasteiger partial charge in [0.1, 0.15) is 0 Å². The van der Waals surface area contributed by atoms with Crippen LogP contribution in [0.4, 0.5) is 4.39 Å². The summed E-state index contributed by atoms with van der Waals surface area (Å²) in [5, 5.41) is -2.18. The lowest BCUT2D eigenvalue weighted by molar-refractivity contribution is -0.0322. The van der Waals surface area contributed by atoms with Crippen LogP contribution in [-0.2, 0) is 4.74 Å². The van der Waals surface area contributed by atoms with Gasteiger partial charge in [-0.3, -0.25) is 14.3 Å². The van der Waals surface area contributed by atoms with Crippen LogP contribution in [0.2, 0.25) is 0 Å². The maximum Gasteiger partial charge on any atom is 0.330 e. The van der Waals surface area contributed by atoms with E-state index in [1.165, 1.54) is 6.20 Å². The number of hydrogen-bond acceptors (Lipinski definition) is 3. The van der Waals surface area contributed by atoms with Gasteiger partial charge in [-0.2, -0.15) is 0 Å². The summed E-state index contributed by atoms with van der Waals surface area (Å²) >= 11 is 5.86. The second kappa shape index (κ2) is 4.51. The third-order valence-corrected chi connectivity index (χ3v) is 3.83. The highest BCUT2D eigenvalue weighted by molar-refractivity contribution is 6.23. The molecule has 1 aliphatic rings. The molecule has 0 amide bonds. The van der Waals surface area contributed by atoms with Crippen molar-refractivity contribution in [3.63, 3.8) is 0 Å². The quantitative estimate of drug-likeness (QED) is 0.830. The summed E-state index contributed by atoms with van der Waals surface area (Å²) in [6, 6.07) is 1.13. The first kappa shape index (κ1) is 13.3. The fourth-order valence-corrected chi connectivity index (χ4v) is 2.46. The number of H-pyrrole nitrogens is 1. The second-order valence-corrected chi connectivity index (χ2v) is 5.00. The number of aromatic amines is 1. The number of hydrogen-bond donors (Lipinski definition) is 1. The average Bonchev–Trinajstić information content (AvgIpc) is 2.52. The zero-order valence-electron chi connectivity index (χ0n) is 10.0. The number of nitrogens with one attached hydrogen (secondary N) is 1. The van der Waals surface area contributed by atoms with Gasteiger partial charge in [0.25, 0.3) is 5.56 Å². The minimum Gasteiger partial charge on any atom is -0.349 e. The Kier molecular flexibility index (Phi) is 3.33. The SMILES string of the molecule is CC[C@H]1OC(n2ccc(=O)[nH]c2=O)[C@](F)(Cl)[C@@H]1C. The van der Waals surface area contributed by atoms with Gasteiger partial charge in [0, 0.05) is 18.2 Å². The van der Waals surface area contributed by atoms with E-state index in [1.54, 1.807) is 6.92 Å². The lowest BCUT2D eigenvalue weighted by atomic mass is 9.99. The highest BCUT2D eigenvalue weighted by Gasteiger charge is 2.55. The first-order valence-electron chi connectivity index (χ1n) is 5.72. The van der Waals surface area contributed by atoms with Crippen LogP contribution in [0.1, 0.15) is 26.5 Å². The molecule has 0 aliphatic carbocycles. The molecule has 4 atom stereocenters. The van der Waals surface area contributed by atoms with Gasteiger partial charge in [0.2, 0.25) is 5.13 Å². The van der Waals surface area contributed by atoms with Crippen LogP contribution in [-0.4, -0.2) is 20.8 Å². The Morgan fingerprint density at radius 1 is 1.61 bits per heavy atom. The van der Waals surface area contributed by atoms with E-state index in [2.05, 4.69) is 0 Å². The van der Waals surface area contributed by atoms with Gasteiger partial charge in [-0.15, -0.1) is 0 Å². The smallest absolute Gasteiger partial charge is 0.330 e. The molecule has 2 rings (SSSR count). The fraction of sp³-hybridized carbons (Fsp3) is 0.636. The predicted octanol–water partition coefficient (Wildman–Crippen LogP) is 1.38. The molecular formula is C11H14ClFN2O3. The van der Waals surface area contributed by atoms with Gasteiger partial charge in [-0.25, -0.2) is 9.18 Å². The number of nitrogens with zero attached hydrogens (tertiary/aromatic N) is 1. The van der Waals surface area contributed by atoms with Gasteiger partial charge < -0.3 is 4.74 Å². The van der Waals surface area contributed by atoms with Crippen LogP contribution in [0.15, 0.2) is 21.9 Å². The number of rotatable bonds is 2. The maximum atomic E-state index is 14.5. The molecule has 1 saturated heterocycles. The van der Waals surface area contributed by atoms with E-state index in [4.69, 9.17) is 16.3 Å². The lowest BCUT2D eigenvalue weighted by Crippen LogP contribution is -2.38. The van der Waals surface area contributed by atoms with E-state index >= 15 is 0 Å². The van der Waals surface area contributed by atoms with Crippen molar-refractivity contribution in [2.24, 2.45) is 5.92 Å². The molecule has 0 radical (unpaired) electrons. The minimum absolute atomic E-state index is 0.365. The molecule has 0 saturated carbocycles. The predicted molar refractivity (Wildman–Crippen MR) is 64.4 cm³/mol. The first-order valence-corrected chi connectivity index (χ1v) is 6.10. The van der Waals surface area contributed by atoms with E-state index in [1.807, 2.05) is 11.9 Å². The van der Waals surface area contributed by atoms with Crippen LogP contribution in [0.3, 0.4) is 0 Å². The summed E-state index contributed by atoms with van der Waals surface area (Å²) in [4.78, 5) is 24.6. The Labute approximate surface area is 108 Å². The molecule has 0 bridgehead atoms. The largest absolute Gasteiger partial charge is 0.349 e. The highest BCUT2D eigenvalue weighted by Crippen LogP contribution is 2.48. The van der Waals surface area contributed by atoms with Crippen LogP contribution in [0.5, 0.6) is 0 Å². The van der Waals surface area contributed by atoms with Gasteiger partial charge in [-0.1, -0.05) is 25.4 Å². The summed E-state index contributed by atoms with van der Waals surface area (Å²) in [5.74, 6) is -0.548. The van der Waals surface area contributed by atoms with Gasteiger partial charge in [0.05, 0.1) is 6.10 Å². The summed E-state index contributed by atoms with van der Waals surface area (Å²) in [6.07, 6.45) is 0.182. The van der Waals surface area contributed by atoms with Crippen LogP contribution < -0.4 is 11.2 Å². The normalized spacial score (nSPS) is 35.9. The van der Waals surface area contributed by atoms with Crippen LogP contribution in [0, 0.1) is 5.92 Å². The Morgan fingerprint density at radius 3 is 2.78 bits per heavy atom. The molecule has 0 aromatic carbocycles. The highest BCUT2D eigenvalue weighted by atomic mass is 35.5. The van der Waals surface area contributed by atoms with E-state index in [9.17, 15) is 14.0 Å². The summed E-state index contributed by atoms with van der Waals surface area (Å²) in [6.45, 7) is 3.49. The van der Waals surface area contributed by atoms with E-state index in [0.29, 0.717) is 6.42 Å². The zero-order valence-corrected chi connectivity index (χ0v) is 10.8. The molecule has 5 nitrogen and oxygen atoms in total. The van der Waals surface area contributed by atoms with Crippen molar-refractivity contribution < 1.29 is 9.13 Å². The van der Waals surface area contributed by atoms with E-state index in [0.717, 1.165) is 10.6 Å². The summed E-state index contributed by atoms with van der Waals surface area (Å²) in [7, 11) is 0. The van der Waals surface area contributed by atoms with E-state index < -0.39 is 28.5 Å². The van der Waals surface area contributed by atoms with Crippen molar-refractivity contribution >= 4 is 11.6 Å². The van der Waals surface area contributed by atoms with Crippen molar-refractivity contribution in [1.82, 2.24) is 9.55 Å². The van der Waals surface area contributed by atoms with Crippen molar-refractivity contribution in [3.05, 3.63) is 33.1 Å². The van der Waals surface area contributed by atoms with Crippen molar-refractivity contribution in [2.45, 2.75) is 37.7 Å². The Balaban J connectivity index is 2.45. The second-order valence-electron chi connectivity index (χ2n) is 4.42. The molecule has 1 aromatic rings. The average molecular weight is 277 g/mol. The van der Waals surface area contributed by atoms with Gasteiger partial charge in [0.15, 0.2) is 6.23 Å². The lowest BCUT2D eigenvalue weighted by Gasteiger charge is -2.23.